The van der Waals surface area contributed by atoms with Crippen LogP contribution in [0.4, 0.5) is 4.79 Å². The molecule has 0 saturated carbocycles. The van der Waals surface area contributed by atoms with Gasteiger partial charge in [-0.3, -0.25) is 0 Å². The highest BCUT2D eigenvalue weighted by Crippen LogP contribution is 2.05. The third-order valence-corrected chi connectivity index (χ3v) is 0.744. The minimum absolute atomic E-state index is 0.0783. The molecule has 60 valence electrons. The van der Waals surface area contributed by atoms with Gasteiger partial charge in [0.05, 0.1) is 6.00 Å². The number of hydrogen-bond acceptors (Lipinski definition) is 2. The van der Waals surface area contributed by atoms with Gasteiger partial charge in [-0.15, -0.1) is 11.6 Å². The second-order valence-corrected chi connectivity index (χ2v) is 3.08. The maximum absolute atomic E-state index is 10.6. The average Bonchev–Trinajstić information content (AvgIpc) is 1.59. The molecule has 0 saturated heterocycles. The first-order chi connectivity index (χ1) is 4.45. The molecule has 1 N–H and O–H groups in total. The van der Waals surface area contributed by atoms with Crippen LogP contribution in [0.1, 0.15) is 20.8 Å². The van der Waals surface area contributed by atoms with Gasteiger partial charge in [0.1, 0.15) is 5.60 Å². The highest BCUT2D eigenvalue weighted by Gasteiger charge is 2.14. The largest absolute Gasteiger partial charge is 0.444 e. The van der Waals surface area contributed by atoms with Gasteiger partial charge < -0.3 is 10.1 Å². The van der Waals surface area contributed by atoms with Gasteiger partial charge in [-0.05, 0) is 20.8 Å². The number of nitrogens with one attached hydrogen (secondary N) is 1. The van der Waals surface area contributed by atoms with Gasteiger partial charge in [-0.25, -0.2) is 4.79 Å². The molecule has 0 spiro atoms. The molecule has 0 radical (unpaired) electrons. The molecule has 0 rings (SSSR count). The second kappa shape index (κ2) is 3.66. The summed E-state index contributed by atoms with van der Waals surface area (Å²) in [6.45, 7) is 5.38. The SMILES string of the molecule is CC(C)(C)OC(=O)NCCl. The summed E-state index contributed by atoms with van der Waals surface area (Å²) in [5.74, 6) is 0. The van der Waals surface area contributed by atoms with Gasteiger partial charge >= 0.3 is 6.09 Å². The Bertz CT molecular complexity index is 119. The predicted molar refractivity (Wildman–Crippen MR) is 40.1 cm³/mol. The summed E-state index contributed by atoms with van der Waals surface area (Å²) in [5, 5.41) is 2.31. The van der Waals surface area contributed by atoms with E-state index in [1.54, 1.807) is 20.8 Å². The lowest BCUT2D eigenvalue weighted by Crippen LogP contribution is -2.31. The van der Waals surface area contributed by atoms with E-state index in [2.05, 4.69) is 5.32 Å². The zero-order valence-corrected chi connectivity index (χ0v) is 7.16. The fraction of sp³-hybridized carbons (Fsp3) is 0.833. The first-order valence-corrected chi connectivity index (χ1v) is 3.52. The van der Waals surface area contributed by atoms with E-state index in [9.17, 15) is 4.79 Å². The molecule has 0 aliphatic carbocycles. The lowest BCUT2D eigenvalue weighted by Gasteiger charge is -2.18. The lowest BCUT2D eigenvalue weighted by atomic mass is 10.2. The summed E-state index contributed by atoms with van der Waals surface area (Å²) in [5.41, 5.74) is -0.448. The molecule has 0 fully saturated rings. The number of alkyl halides is 1. The first kappa shape index (κ1) is 9.56. The number of carbonyl (C=O) groups excluding carboxylic acids is 1. The van der Waals surface area contributed by atoms with Crippen LogP contribution in [0.5, 0.6) is 0 Å². The third-order valence-electron chi connectivity index (χ3n) is 0.610. The minimum Gasteiger partial charge on any atom is -0.444 e. The van der Waals surface area contributed by atoms with Crippen LogP contribution in [0.25, 0.3) is 0 Å². The highest BCUT2D eigenvalue weighted by molar-refractivity contribution is 6.18. The van der Waals surface area contributed by atoms with Crippen molar-refractivity contribution in [3.05, 3.63) is 0 Å². The second-order valence-electron chi connectivity index (χ2n) is 2.81. The van der Waals surface area contributed by atoms with Crippen molar-refractivity contribution in [1.29, 1.82) is 0 Å². The fourth-order valence-corrected chi connectivity index (χ4v) is 0.478. The monoisotopic (exact) mass is 165 g/mol. The number of amides is 1. The Labute approximate surface area is 65.7 Å². The molecule has 0 heterocycles. The molecule has 0 aliphatic rings. The maximum atomic E-state index is 10.6. The molecule has 0 unspecified atom stereocenters. The molecule has 0 aliphatic heterocycles. The van der Waals surface area contributed by atoms with Crippen molar-refractivity contribution < 1.29 is 9.53 Å². The summed E-state index contributed by atoms with van der Waals surface area (Å²) in [6.07, 6.45) is -0.484. The van der Waals surface area contributed by atoms with E-state index in [1.165, 1.54) is 0 Å². The van der Waals surface area contributed by atoms with Crippen molar-refractivity contribution in [1.82, 2.24) is 5.32 Å². The van der Waals surface area contributed by atoms with Crippen molar-refractivity contribution in [2.45, 2.75) is 26.4 Å². The van der Waals surface area contributed by atoms with Crippen LogP contribution in [-0.2, 0) is 4.74 Å². The van der Waals surface area contributed by atoms with Gasteiger partial charge in [0.15, 0.2) is 0 Å². The van der Waals surface area contributed by atoms with Crippen LogP contribution in [0.2, 0.25) is 0 Å². The van der Waals surface area contributed by atoms with Crippen LogP contribution in [-0.4, -0.2) is 17.7 Å². The molecule has 0 atom stereocenters. The molecule has 1 amide bonds. The fourth-order valence-electron chi connectivity index (χ4n) is 0.369. The molecular formula is C6H12ClNO2. The Morgan fingerprint density at radius 2 is 2.10 bits per heavy atom. The Morgan fingerprint density at radius 3 is 2.40 bits per heavy atom. The Morgan fingerprint density at radius 1 is 1.60 bits per heavy atom. The average molecular weight is 166 g/mol. The normalized spacial score (nSPS) is 10.8. The number of carbonyl (C=O) groups is 1. The van der Waals surface area contributed by atoms with Crippen molar-refractivity contribution in [3.8, 4) is 0 Å². The predicted octanol–water partition coefficient (Wildman–Crippen LogP) is 1.71. The number of rotatable bonds is 1. The van der Waals surface area contributed by atoms with Crippen LogP contribution in [0, 0.1) is 0 Å². The van der Waals surface area contributed by atoms with E-state index in [0.717, 1.165) is 0 Å². The molecule has 4 heteroatoms. The Hall–Kier alpha value is -0.440. The lowest BCUT2D eigenvalue weighted by molar-refractivity contribution is 0.0537. The molecule has 10 heavy (non-hydrogen) atoms. The van der Waals surface area contributed by atoms with Crippen molar-refractivity contribution >= 4 is 17.7 Å². The van der Waals surface area contributed by atoms with Crippen LogP contribution >= 0.6 is 11.6 Å². The minimum atomic E-state index is -0.484. The van der Waals surface area contributed by atoms with Crippen LogP contribution < -0.4 is 5.32 Å². The van der Waals surface area contributed by atoms with Crippen LogP contribution in [0.15, 0.2) is 0 Å². The summed E-state index contributed by atoms with van der Waals surface area (Å²) < 4.78 is 4.84. The highest BCUT2D eigenvalue weighted by atomic mass is 35.5. The number of alkyl carbamates (subject to hydrolysis) is 1. The Balaban J connectivity index is 3.58. The summed E-state index contributed by atoms with van der Waals surface area (Å²) in [4.78, 5) is 10.6. The van der Waals surface area contributed by atoms with Gasteiger partial charge in [-0.2, -0.15) is 0 Å². The topological polar surface area (TPSA) is 38.3 Å². The summed E-state index contributed by atoms with van der Waals surface area (Å²) in [7, 11) is 0. The zero-order chi connectivity index (χ0) is 8.20. The van der Waals surface area contributed by atoms with E-state index >= 15 is 0 Å². The van der Waals surface area contributed by atoms with Crippen molar-refractivity contribution in [2.75, 3.05) is 6.00 Å². The molecule has 3 nitrogen and oxygen atoms in total. The smallest absolute Gasteiger partial charge is 0.408 e. The van der Waals surface area contributed by atoms with Crippen molar-refractivity contribution in [3.63, 3.8) is 0 Å². The molecular weight excluding hydrogens is 154 g/mol. The van der Waals surface area contributed by atoms with Gasteiger partial charge in [0.25, 0.3) is 0 Å². The van der Waals surface area contributed by atoms with Crippen molar-refractivity contribution in [2.24, 2.45) is 0 Å². The molecule has 0 aromatic heterocycles. The summed E-state index contributed by atoms with van der Waals surface area (Å²) >= 11 is 5.21. The standard InChI is InChI=1S/C6H12ClNO2/c1-6(2,3)10-5(9)8-4-7/h4H2,1-3H3,(H,8,9). The zero-order valence-electron chi connectivity index (χ0n) is 6.40. The molecule has 0 aromatic rings. The number of ether oxygens (including phenoxy) is 1. The Kier molecular flexibility index (Phi) is 3.50. The maximum Gasteiger partial charge on any atom is 0.408 e. The van der Waals surface area contributed by atoms with E-state index < -0.39 is 11.7 Å². The number of hydrogen-bond donors (Lipinski definition) is 1. The quantitative estimate of drug-likeness (QED) is 0.475. The summed E-state index contributed by atoms with van der Waals surface area (Å²) in [6, 6.07) is 0.0783. The van der Waals surface area contributed by atoms with E-state index in [4.69, 9.17) is 16.3 Å². The van der Waals surface area contributed by atoms with Gasteiger partial charge in [0.2, 0.25) is 0 Å². The van der Waals surface area contributed by atoms with Gasteiger partial charge in [-0.1, -0.05) is 0 Å². The molecule has 0 aromatic carbocycles. The third kappa shape index (κ3) is 5.69. The van der Waals surface area contributed by atoms with Crippen LogP contribution in [0.3, 0.4) is 0 Å². The van der Waals surface area contributed by atoms with E-state index in [1.807, 2.05) is 0 Å². The first-order valence-electron chi connectivity index (χ1n) is 2.98. The van der Waals surface area contributed by atoms with Gasteiger partial charge in [0, 0.05) is 0 Å². The molecule has 0 bridgehead atoms. The number of halogens is 1. The van der Waals surface area contributed by atoms with E-state index in [-0.39, 0.29) is 6.00 Å². The van der Waals surface area contributed by atoms with E-state index in [0.29, 0.717) is 0 Å².